The van der Waals surface area contributed by atoms with Crippen LogP contribution in [0.3, 0.4) is 0 Å². The van der Waals surface area contributed by atoms with Gasteiger partial charge < -0.3 is 9.84 Å². The fraction of sp³-hybridized carbons (Fsp3) is 0.500. The molecule has 1 amide bonds. The largest absolute Gasteiger partial charge is 0.484 e. The molecule has 0 radical (unpaired) electrons. The zero-order valence-electron chi connectivity index (χ0n) is 13.6. The lowest BCUT2D eigenvalue weighted by atomic mass is 10.1. The number of alkyl halides is 3. The van der Waals surface area contributed by atoms with Crippen LogP contribution in [0.4, 0.5) is 13.2 Å². The van der Waals surface area contributed by atoms with E-state index >= 15 is 0 Å². The number of aryl methyl sites for hydroxylation is 2. The number of nitrogens with zero attached hydrogens (tertiary/aromatic N) is 2. The van der Waals surface area contributed by atoms with E-state index in [-0.39, 0.29) is 17.1 Å². The summed E-state index contributed by atoms with van der Waals surface area (Å²) in [5.74, 6) is -0.687. The van der Waals surface area contributed by atoms with Gasteiger partial charge in [-0.2, -0.15) is 23.3 Å². The molecule has 1 N–H and O–H groups in total. The quantitative estimate of drug-likeness (QED) is 0.913. The summed E-state index contributed by atoms with van der Waals surface area (Å²) in [6.07, 6.45) is -5.55. The van der Waals surface area contributed by atoms with E-state index in [1.807, 2.05) is 19.9 Å². The second-order valence-electron chi connectivity index (χ2n) is 5.83. The molecule has 0 saturated heterocycles. The maximum atomic E-state index is 13.2. The van der Waals surface area contributed by atoms with Crippen molar-refractivity contribution in [2.24, 2.45) is 5.10 Å². The number of hydrazone groups is 1. The molecule has 1 aliphatic rings. The lowest BCUT2D eigenvalue weighted by Gasteiger charge is -2.32. The normalized spacial score (nSPS) is 21.0. The Bertz CT molecular complexity index is 653. The number of ether oxygens (including phenoxy) is 1. The van der Waals surface area contributed by atoms with E-state index in [2.05, 4.69) is 5.10 Å². The Morgan fingerprint density at radius 1 is 1.33 bits per heavy atom. The SMILES string of the molecule is CCC1=NN(C(=O)COc2cc(C)cc(C)c2)[C@@](O)(C(F)(F)F)C1. The van der Waals surface area contributed by atoms with Crippen molar-refractivity contribution in [1.29, 1.82) is 0 Å². The number of rotatable bonds is 4. The average molecular weight is 344 g/mol. The summed E-state index contributed by atoms with van der Waals surface area (Å²) in [6, 6.07) is 5.23. The standard InChI is InChI=1S/C16H19F3N2O3/c1-4-12-8-15(23,16(17,18)19)21(20-12)14(22)9-24-13-6-10(2)5-11(3)7-13/h5-7,23H,4,8-9H2,1-3H3/t15-/m0/s1. The molecule has 0 unspecified atom stereocenters. The molecule has 1 aliphatic heterocycles. The smallest absolute Gasteiger partial charge is 0.438 e. The van der Waals surface area contributed by atoms with E-state index in [9.17, 15) is 23.1 Å². The molecule has 8 heteroatoms. The van der Waals surface area contributed by atoms with Gasteiger partial charge in [-0.1, -0.05) is 13.0 Å². The third-order valence-corrected chi connectivity index (χ3v) is 3.70. The van der Waals surface area contributed by atoms with E-state index in [1.165, 1.54) is 0 Å². The van der Waals surface area contributed by atoms with Crippen LogP contribution in [0, 0.1) is 13.8 Å². The van der Waals surface area contributed by atoms with Gasteiger partial charge in [0.1, 0.15) is 5.75 Å². The van der Waals surface area contributed by atoms with Crippen LogP contribution in [-0.4, -0.2) is 40.2 Å². The summed E-state index contributed by atoms with van der Waals surface area (Å²) in [5, 5.41) is 13.7. The first kappa shape index (κ1) is 18.3. The van der Waals surface area contributed by atoms with Gasteiger partial charge in [0, 0.05) is 12.1 Å². The van der Waals surface area contributed by atoms with Gasteiger partial charge in [0.05, 0.1) is 0 Å². The fourth-order valence-electron chi connectivity index (χ4n) is 2.52. The summed E-state index contributed by atoms with van der Waals surface area (Å²) in [5.41, 5.74) is -1.41. The lowest BCUT2D eigenvalue weighted by molar-refractivity contribution is -0.302. The number of aliphatic hydroxyl groups is 1. The third-order valence-electron chi connectivity index (χ3n) is 3.70. The predicted octanol–water partition coefficient (Wildman–Crippen LogP) is 2.93. The van der Waals surface area contributed by atoms with Gasteiger partial charge in [-0.05, 0) is 43.5 Å². The number of amides is 1. The molecule has 0 aromatic heterocycles. The van der Waals surface area contributed by atoms with Crippen LogP contribution >= 0.6 is 0 Å². The number of benzene rings is 1. The summed E-state index contributed by atoms with van der Waals surface area (Å²) < 4.78 is 44.8. The van der Waals surface area contributed by atoms with Gasteiger partial charge in [-0.3, -0.25) is 4.79 Å². The van der Waals surface area contributed by atoms with Crippen molar-refractivity contribution >= 4 is 11.6 Å². The highest BCUT2D eigenvalue weighted by Crippen LogP contribution is 2.40. The molecule has 0 saturated carbocycles. The molecule has 5 nitrogen and oxygen atoms in total. The summed E-state index contributed by atoms with van der Waals surface area (Å²) in [4.78, 5) is 12.1. The average Bonchev–Trinajstić information content (AvgIpc) is 2.82. The van der Waals surface area contributed by atoms with Crippen LogP contribution in [-0.2, 0) is 4.79 Å². The monoisotopic (exact) mass is 344 g/mol. The number of hydrogen-bond donors (Lipinski definition) is 1. The Labute approximate surface area is 137 Å². The van der Waals surface area contributed by atoms with Crippen LogP contribution in [0.15, 0.2) is 23.3 Å². The topological polar surface area (TPSA) is 62.1 Å². The first-order valence-corrected chi connectivity index (χ1v) is 7.46. The third kappa shape index (κ3) is 3.53. The van der Waals surface area contributed by atoms with Crippen molar-refractivity contribution in [2.75, 3.05) is 6.61 Å². The van der Waals surface area contributed by atoms with Crippen LogP contribution in [0.25, 0.3) is 0 Å². The van der Waals surface area contributed by atoms with Gasteiger partial charge >= 0.3 is 6.18 Å². The molecule has 1 aromatic carbocycles. The zero-order valence-corrected chi connectivity index (χ0v) is 13.6. The molecular weight excluding hydrogens is 325 g/mol. The van der Waals surface area contributed by atoms with Crippen molar-refractivity contribution in [1.82, 2.24) is 5.01 Å². The van der Waals surface area contributed by atoms with Crippen molar-refractivity contribution in [2.45, 2.75) is 45.5 Å². The molecule has 1 atom stereocenters. The first-order valence-electron chi connectivity index (χ1n) is 7.46. The van der Waals surface area contributed by atoms with Crippen LogP contribution in [0.5, 0.6) is 5.75 Å². The highest BCUT2D eigenvalue weighted by atomic mass is 19.4. The van der Waals surface area contributed by atoms with Crippen LogP contribution < -0.4 is 4.74 Å². The molecule has 24 heavy (non-hydrogen) atoms. The number of carbonyl (C=O) groups is 1. The number of halogens is 3. The Morgan fingerprint density at radius 3 is 2.42 bits per heavy atom. The molecule has 0 spiro atoms. The van der Waals surface area contributed by atoms with E-state index in [4.69, 9.17) is 4.74 Å². The molecule has 132 valence electrons. The van der Waals surface area contributed by atoms with E-state index in [1.54, 1.807) is 19.1 Å². The molecular formula is C16H19F3N2O3. The van der Waals surface area contributed by atoms with E-state index in [0.29, 0.717) is 5.75 Å². The zero-order chi connectivity index (χ0) is 18.1. The number of hydrogen-bond acceptors (Lipinski definition) is 4. The number of carbonyl (C=O) groups excluding carboxylic acids is 1. The van der Waals surface area contributed by atoms with Crippen LogP contribution in [0.1, 0.15) is 30.9 Å². The molecule has 0 fully saturated rings. The van der Waals surface area contributed by atoms with Crippen molar-refractivity contribution < 1.29 is 27.8 Å². The maximum absolute atomic E-state index is 13.2. The Kier molecular flexibility index (Phi) is 4.89. The fourth-order valence-corrected chi connectivity index (χ4v) is 2.52. The van der Waals surface area contributed by atoms with E-state index < -0.39 is 30.8 Å². The second kappa shape index (κ2) is 6.43. The highest BCUT2D eigenvalue weighted by Gasteiger charge is 2.62. The molecule has 0 aliphatic carbocycles. The minimum absolute atomic E-state index is 0.0918. The Hall–Kier alpha value is -2.09. The summed E-state index contributed by atoms with van der Waals surface area (Å²) in [7, 11) is 0. The first-order chi connectivity index (χ1) is 11.1. The van der Waals surface area contributed by atoms with Crippen LogP contribution in [0.2, 0.25) is 0 Å². The van der Waals surface area contributed by atoms with E-state index in [0.717, 1.165) is 11.1 Å². The minimum atomic E-state index is -5.01. The Balaban J connectivity index is 2.16. The Morgan fingerprint density at radius 2 is 1.92 bits per heavy atom. The predicted molar refractivity (Wildman–Crippen MR) is 81.6 cm³/mol. The van der Waals surface area contributed by atoms with Crippen molar-refractivity contribution in [3.63, 3.8) is 0 Å². The summed E-state index contributed by atoms with van der Waals surface area (Å²) >= 11 is 0. The van der Waals surface area contributed by atoms with Gasteiger partial charge in [-0.25, -0.2) is 0 Å². The maximum Gasteiger partial charge on any atom is 0.438 e. The highest BCUT2D eigenvalue weighted by molar-refractivity contribution is 5.90. The lowest BCUT2D eigenvalue weighted by Crippen LogP contribution is -2.57. The van der Waals surface area contributed by atoms with Crippen molar-refractivity contribution in [3.05, 3.63) is 29.3 Å². The molecule has 0 bridgehead atoms. The minimum Gasteiger partial charge on any atom is -0.484 e. The van der Waals surface area contributed by atoms with Gasteiger partial charge in [0.2, 0.25) is 0 Å². The van der Waals surface area contributed by atoms with Gasteiger partial charge in [0.15, 0.2) is 6.61 Å². The van der Waals surface area contributed by atoms with Gasteiger partial charge in [-0.15, -0.1) is 0 Å². The summed E-state index contributed by atoms with van der Waals surface area (Å²) in [6.45, 7) is 4.63. The van der Waals surface area contributed by atoms with Crippen molar-refractivity contribution in [3.8, 4) is 5.75 Å². The molecule has 1 heterocycles. The van der Waals surface area contributed by atoms with Gasteiger partial charge in [0.25, 0.3) is 11.6 Å². The second-order valence-corrected chi connectivity index (χ2v) is 5.83. The molecule has 2 rings (SSSR count). The molecule has 1 aromatic rings.